The van der Waals surface area contributed by atoms with Gasteiger partial charge in [0, 0.05) is 25.6 Å². The Morgan fingerprint density at radius 2 is 2.21 bits per heavy atom. The lowest BCUT2D eigenvalue weighted by Crippen LogP contribution is -2.37. The predicted octanol–water partition coefficient (Wildman–Crippen LogP) is 2.12. The summed E-state index contributed by atoms with van der Waals surface area (Å²) >= 11 is 0. The number of rotatable bonds is 4. The molecular formula is C18H26N2O4. The Morgan fingerprint density at radius 3 is 2.92 bits per heavy atom. The number of ether oxygens (including phenoxy) is 1. The minimum absolute atomic E-state index is 0.0473. The molecule has 0 radical (unpaired) electrons. The van der Waals surface area contributed by atoms with Crippen molar-refractivity contribution in [3.63, 3.8) is 0 Å². The van der Waals surface area contributed by atoms with Gasteiger partial charge in [0.2, 0.25) is 5.91 Å². The van der Waals surface area contributed by atoms with Crippen LogP contribution in [0.3, 0.4) is 0 Å². The van der Waals surface area contributed by atoms with E-state index >= 15 is 0 Å². The fourth-order valence-corrected chi connectivity index (χ4v) is 4.09. The van der Waals surface area contributed by atoms with Crippen LogP contribution in [-0.4, -0.2) is 54.3 Å². The molecule has 3 aliphatic rings. The number of carbonyl (C=O) groups excluding carboxylic acids is 1. The minimum atomic E-state index is 0.0473. The Morgan fingerprint density at radius 1 is 1.29 bits per heavy atom. The number of likely N-dealkylation sites (tertiary alicyclic amines) is 1. The third kappa shape index (κ3) is 3.50. The van der Waals surface area contributed by atoms with Crippen LogP contribution >= 0.6 is 0 Å². The number of hydrogen-bond donors (Lipinski definition) is 0. The number of amides is 1. The van der Waals surface area contributed by atoms with Crippen molar-refractivity contribution in [1.29, 1.82) is 0 Å². The van der Waals surface area contributed by atoms with Crippen molar-refractivity contribution in [3.8, 4) is 0 Å². The summed E-state index contributed by atoms with van der Waals surface area (Å²) in [6.45, 7) is 6.14. The van der Waals surface area contributed by atoms with Gasteiger partial charge in [0.15, 0.2) is 0 Å². The number of nitrogens with zero attached hydrogens (tertiary/aromatic N) is 2. The van der Waals surface area contributed by atoms with Crippen molar-refractivity contribution >= 4 is 5.91 Å². The van der Waals surface area contributed by atoms with E-state index in [9.17, 15) is 4.79 Å². The average Bonchev–Trinajstić information content (AvgIpc) is 3.23. The molecule has 6 heteroatoms. The Kier molecular flexibility index (Phi) is 4.61. The molecule has 3 atom stereocenters. The fourth-order valence-electron chi connectivity index (χ4n) is 4.09. The Balaban J connectivity index is 1.24. The molecule has 0 unspecified atom stereocenters. The number of hydrogen-bond acceptors (Lipinski definition) is 5. The van der Waals surface area contributed by atoms with E-state index < -0.39 is 0 Å². The quantitative estimate of drug-likeness (QED) is 0.844. The summed E-state index contributed by atoms with van der Waals surface area (Å²) in [5.74, 6) is 2.57. The molecule has 0 saturated carbocycles. The zero-order valence-corrected chi connectivity index (χ0v) is 14.3. The molecular weight excluding hydrogens is 308 g/mol. The molecule has 0 N–H and O–H groups in total. The van der Waals surface area contributed by atoms with E-state index in [1.807, 2.05) is 19.1 Å². The monoisotopic (exact) mass is 334 g/mol. The molecule has 3 aliphatic heterocycles. The molecule has 24 heavy (non-hydrogen) atoms. The third-order valence-electron chi connectivity index (χ3n) is 5.25. The molecule has 1 aromatic heterocycles. The van der Waals surface area contributed by atoms with Crippen molar-refractivity contribution in [2.24, 2.45) is 5.92 Å². The summed E-state index contributed by atoms with van der Waals surface area (Å²) < 4.78 is 11.8. The number of carbonyl (C=O) groups is 1. The van der Waals surface area contributed by atoms with Gasteiger partial charge < -0.3 is 9.15 Å². The van der Waals surface area contributed by atoms with E-state index in [-0.39, 0.29) is 18.1 Å². The van der Waals surface area contributed by atoms with Crippen molar-refractivity contribution in [2.45, 2.75) is 51.4 Å². The SMILES string of the molecule is Cc1ccc(CN2C[C@@H]3C[C@@H](CC(=O)N4CCCCO4)O[C@@H]3C2)o1. The smallest absolute Gasteiger partial charge is 0.248 e. The van der Waals surface area contributed by atoms with Gasteiger partial charge in [-0.1, -0.05) is 0 Å². The summed E-state index contributed by atoms with van der Waals surface area (Å²) in [5.41, 5.74) is 0. The molecule has 6 nitrogen and oxygen atoms in total. The maximum absolute atomic E-state index is 12.3. The van der Waals surface area contributed by atoms with Crippen molar-refractivity contribution < 1.29 is 18.8 Å². The molecule has 0 aliphatic carbocycles. The van der Waals surface area contributed by atoms with Crippen LogP contribution in [0.15, 0.2) is 16.5 Å². The largest absolute Gasteiger partial charge is 0.465 e. The van der Waals surface area contributed by atoms with Crippen molar-refractivity contribution in [2.75, 3.05) is 26.2 Å². The lowest BCUT2D eigenvalue weighted by Gasteiger charge is -2.27. The van der Waals surface area contributed by atoms with Crippen LogP contribution in [0.25, 0.3) is 0 Å². The van der Waals surface area contributed by atoms with E-state index in [1.165, 1.54) is 5.06 Å². The molecule has 1 aromatic rings. The van der Waals surface area contributed by atoms with Crippen LogP contribution in [-0.2, 0) is 20.9 Å². The number of hydroxylamine groups is 2. The van der Waals surface area contributed by atoms with Gasteiger partial charge in [-0.2, -0.15) is 0 Å². The normalized spacial score (nSPS) is 30.7. The van der Waals surface area contributed by atoms with Gasteiger partial charge in [-0.15, -0.1) is 0 Å². The first-order valence-electron chi connectivity index (χ1n) is 9.04. The van der Waals surface area contributed by atoms with Gasteiger partial charge >= 0.3 is 0 Å². The summed E-state index contributed by atoms with van der Waals surface area (Å²) in [4.78, 5) is 20.1. The third-order valence-corrected chi connectivity index (χ3v) is 5.25. The van der Waals surface area contributed by atoms with Gasteiger partial charge in [0.05, 0.1) is 31.8 Å². The van der Waals surface area contributed by atoms with Crippen molar-refractivity contribution in [1.82, 2.24) is 9.96 Å². The molecule has 3 fully saturated rings. The van der Waals surface area contributed by atoms with Gasteiger partial charge in [-0.3, -0.25) is 14.5 Å². The second-order valence-corrected chi connectivity index (χ2v) is 7.24. The maximum atomic E-state index is 12.3. The summed E-state index contributed by atoms with van der Waals surface area (Å²) in [6.07, 6.45) is 3.79. The highest BCUT2D eigenvalue weighted by Gasteiger charge is 2.42. The second-order valence-electron chi connectivity index (χ2n) is 7.24. The Labute approximate surface area is 142 Å². The van der Waals surface area contributed by atoms with E-state index in [4.69, 9.17) is 14.0 Å². The van der Waals surface area contributed by atoms with Crippen LogP contribution in [0.4, 0.5) is 0 Å². The molecule has 0 spiro atoms. The van der Waals surface area contributed by atoms with Crippen LogP contribution in [0, 0.1) is 12.8 Å². The average molecular weight is 334 g/mol. The lowest BCUT2D eigenvalue weighted by atomic mass is 10.0. The zero-order valence-electron chi connectivity index (χ0n) is 14.3. The molecule has 4 rings (SSSR count). The second kappa shape index (κ2) is 6.86. The maximum Gasteiger partial charge on any atom is 0.248 e. The summed E-state index contributed by atoms with van der Waals surface area (Å²) in [5, 5.41) is 1.53. The van der Waals surface area contributed by atoms with E-state index in [2.05, 4.69) is 4.90 Å². The van der Waals surface area contributed by atoms with Crippen LogP contribution < -0.4 is 0 Å². The standard InChI is InChI=1S/C18H26N2O4/c1-13-4-5-15(23-13)11-19-10-14-8-16(24-17(14)12-19)9-18(21)20-6-2-3-7-22-20/h4-5,14,16-17H,2-3,6-12H2,1H3/t14-,16-,17+/m0/s1. The van der Waals surface area contributed by atoms with Crippen LogP contribution in [0.1, 0.15) is 37.2 Å². The highest BCUT2D eigenvalue weighted by Crippen LogP contribution is 2.35. The van der Waals surface area contributed by atoms with Gasteiger partial charge in [-0.05, 0) is 38.3 Å². The van der Waals surface area contributed by atoms with Crippen molar-refractivity contribution in [3.05, 3.63) is 23.7 Å². The first kappa shape index (κ1) is 16.1. The minimum Gasteiger partial charge on any atom is -0.465 e. The van der Waals surface area contributed by atoms with E-state index in [0.717, 1.165) is 57.0 Å². The van der Waals surface area contributed by atoms with Gasteiger partial charge in [-0.25, -0.2) is 5.06 Å². The van der Waals surface area contributed by atoms with Crippen LogP contribution in [0.2, 0.25) is 0 Å². The van der Waals surface area contributed by atoms with E-state index in [1.54, 1.807) is 0 Å². The van der Waals surface area contributed by atoms with Crippen LogP contribution in [0.5, 0.6) is 0 Å². The number of furan rings is 1. The first-order chi connectivity index (χ1) is 11.7. The molecule has 0 aromatic carbocycles. The van der Waals surface area contributed by atoms with E-state index in [0.29, 0.717) is 18.9 Å². The summed E-state index contributed by atoms with van der Waals surface area (Å²) in [6, 6.07) is 4.05. The fraction of sp³-hybridized carbons (Fsp3) is 0.722. The number of fused-ring (bicyclic) bond motifs is 1. The zero-order chi connectivity index (χ0) is 16.5. The molecule has 3 saturated heterocycles. The lowest BCUT2D eigenvalue weighted by molar-refractivity contribution is -0.199. The highest BCUT2D eigenvalue weighted by atomic mass is 16.7. The molecule has 132 valence electrons. The molecule has 0 bridgehead atoms. The summed E-state index contributed by atoms with van der Waals surface area (Å²) in [7, 11) is 0. The Hall–Kier alpha value is -1.37. The Bertz CT molecular complexity index is 567. The predicted molar refractivity (Wildman–Crippen MR) is 87.0 cm³/mol. The topological polar surface area (TPSA) is 55.2 Å². The molecule has 4 heterocycles. The van der Waals surface area contributed by atoms with Gasteiger partial charge in [0.25, 0.3) is 0 Å². The van der Waals surface area contributed by atoms with Gasteiger partial charge in [0.1, 0.15) is 11.5 Å². The highest BCUT2D eigenvalue weighted by molar-refractivity contribution is 5.75. The first-order valence-corrected chi connectivity index (χ1v) is 9.04. The molecule has 1 amide bonds. The number of aryl methyl sites for hydroxylation is 1.